The lowest BCUT2D eigenvalue weighted by Crippen LogP contribution is -2.02. The Kier molecular flexibility index (Phi) is 2.94. The van der Waals surface area contributed by atoms with Crippen LogP contribution in [0.15, 0.2) is 47.4 Å². The number of imidazole rings is 1. The number of aromatic nitrogens is 5. The van der Waals surface area contributed by atoms with Gasteiger partial charge in [0.1, 0.15) is 11.3 Å². The number of ether oxygens (including phenoxy) is 1. The number of nitrogens with zero attached hydrogens (tertiary/aromatic N) is 5. The smallest absolute Gasteiger partial charge is 0.199 e. The van der Waals surface area contributed by atoms with E-state index in [-0.39, 0.29) is 5.82 Å². The molecule has 0 bridgehead atoms. The molecule has 0 fully saturated rings. The van der Waals surface area contributed by atoms with Gasteiger partial charge in [0, 0.05) is 6.20 Å². The molecule has 4 rings (SSSR count). The van der Waals surface area contributed by atoms with Crippen LogP contribution in [-0.2, 0) is 0 Å². The minimum absolute atomic E-state index is 0.171. The molecule has 3 heterocycles. The summed E-state index contributed by atoms with van der Waals surface area (Å²) in [6.07, 6.45) is 3.37. The average molecular weight is 308 g/mol. The highest BCUT2D eigenvalue weighted by Crippen LogP contribution is 2.33. The number of anilines is 1. The Morgan fingerprint density at radius 3 is 2.83 bits per heavy atom. The molecule has 2 N–H and O–H groups in total. The fourth-order valence-corrected chi connectivity index (χ4v) is 2.50. The third-order valence-electron chi connectivity index (χ3n) is 3.51. The van der Waals surface area contributed by atoms with E-state index in [0.29, 0.717) is 22.8 Å². The van der Waals surface area contributed by atoms with Crippen LogP contribution in [0.25, 0.3) is 28.2 Å². The Balaban J connectivity index is 2.10. The van der Waals surface area contributed by atoms with Crippen LogP contribution in [-0.4, -0.2) is 32.0 Å². The van der Waals surface area contributed by atoms with Gasteiger partial charge in [-0.1, -0.05) is 12.1 Å². The molecule has 8 nitrogen and oxygen atoms in total. The second-order valence-corrected chi connectivity index (χ2v) is 4.81. The molecule has 4 aromatic rings. The highest BCUT2D eigenvalue weighted by atomic mass is 16.6. The van der Waals surface area contributed by atoms with Crippen molar-refractivity contribution in [2.24, 2.45) is 0 Å². The first-order valence-corrected chi connectivity index (χ1v) is 6.84. The van der Waals surface area contributed by atoms with Gasteiger partial charge in [-0.05, 0) is 28.5 Å². The van der Waals surface area contributed by atoms with Crippen molar-refractivity contribution in [2.45, 2.75) is 0 Å². The number of para-hydroxylation sites is 2. The van der Waals surface area contributed by atoms with Crippen LogP contribution in [0.3, 0.4) is 0 Å². The first kappa shape index (κ1) is 13.3. The lowest BCUT2D eigenvalue weighted by Gasteiger charge is -2.12. The monoisotopic (exact) mass is 308 g/mol. The van der Waals surface area contributed by atoms with E-state index in [0.717, 1.165) is 11.2 Å². The summed E-state index contributed by atoms with van der Waals surface area (Å²) in [6, 6.07) is 9.47. The summed E-state index contributed by atoms with van der Waals surface area (Å²) >= 11 is 0. The number of hydrogen-bond acceptors (Lipinski definition) is 7. The predicted molar refractivity (Wildman–Crippen MR) is 83.1 cm³/mol. The van der Waals surface area contributed by atoms with E-state index in [9.17, 15) is 0 Å². The molecule has 0 atom stereocenters. The Morgan fingerprint density at radius 1 is 1.17 bits per heavy atom. The van der Waals surface area contributed by atoms with Crippen molar-refractivity contribution < 1.29 is 9.37 Å². The maximum absolute atomic E-state index is 5.84. The third-order valence-corrected chi connectivity index (χ3v) is 3.51. The van der Waals surface area contributed by atoms with Crippen LogP contribution in [0.1, 0.15) is 0 Å². The first-order valence-electron chi connectivity index (χ1n) is 6.84. The summed E-state index contributed by atoms with van der Waals surface area (Å²) in [5.74, 6) is 1.38. The second-order valence-electron chi connectivity index (χ2n) is 4.81. The maximum Gasteiger partial charge on any atom is 0.199 e. The van der Waals surface area contributed by atoms with Crippen LogP contribution in [0, 0.1) is 0 Å². The number of fused-ring (bicyclic) bond motifs is 1. The highest BCUT2D eigenvalue weighted by molar-refractivity contribution is 5.84. The molecule has 1 aromatic carbocycles. The van der Waals surface area contributed by atoms with E-state index in [4.69, 9.17) is 15.1 Å². The molecular formula is C15H12N6O2. The lowest BCUT2D eigenvalue weighted by atomic mass is 10.2. The van der Waals surface area contributed by atoms with E-state index in [1.54, 1.807) is 19.5 Å². The topological polar surface area (TPSA) is 105 Å². The van der Waals surface area contributed by atoms with Crippen LogP contribution in [0.5, 0.6) is 5.75 Å². The lowest BCUT2D eigenvalue weighted by molar-refractivity contribution is 0.310. The SMILES string of the molecule is COc1ccccc1-n1c(-c2nonc2N)nc2cnccc21. The summed E-state index contributed by atoms with van der Waals surface area (Å²) in [5, 5.41) is 7.50. The summed E-state index contributed by atoms with van der Waals surface area (Å²) in [6.45, 7) is 0. The molecule has 8 heteroatoms. The van der Waals surface area contributed by atoms with Crippen molar-refractivity contribution in [2.75, 3.05) is 12.8 Å². The fraction of sp³-hybridized carbons (Fsp3) is 0.0667. The minimum Gasteiger partial charge on any atom is -0.495 e. The Bertz CT molecular complexity index is 990. The molecule has 23 heavy (non-hydrogen) atoms. The number of rotatable bonds is 3. The molecule has 0 spiro atoms. The molecule has 0 radical (unpaired) electrons. The van der Waals surface area contributed by atoms with Gasteiger partial charge in [-0.15, -0.1) is 0 Å². The van der Waals surface area contributed by atoms with Gasteiger partial charge < -0.3 is 10.5 Å². The molecule has 0 aliphatic carbocycles. The molecule has 0 saturated carbocycles. The quantitative estimate of drug-likeness (QED) is 0.617. The van der Waals surface area contributed by atoms with Crippen molar-refractivity contribution in [1.29, 1.82) is 0 Å². The first-order chi connectivity index (χ1) is 11.3. The van der Waals surface area contributed by atoms with Crippen LogP contribution in [0.2, 0.25) is 0 Å². The van der Waals surface area contributed by atoms with Crippen molar-refractivity contribution >= 4 is 16.9 Å². The molecule has 0 unspecified atom stereocenters. The van der Waals surface area contributed by atoms with Crippen LogP contribution >= 0.6 is 0 Å². The zero-order chi connectivity index (χ0) is 15.8. The van der Waals surface area contributed by atoms with Crippen molar-refractivity contribution in [3.63, 3.8) is 0 Å². The predicted octanol–water partition coefficient (Wildman–Crippen LogP) is 2.06. The molecule has 0 amide bonds. The van der Waals surface area contributed by atoms with Gasteiger partial charge in [-0.3, -0.25) is 9.55 Å². The van der Waals surface area contributed by atoms with Crippen molar-refractivity contribution in [1.82, 2.24) is 24.8 Å². The molecular weight excluding hydrogens is 296 g/mol. The van der Waals surface area contributed by atoms with Gasteiger partial charge in [0.25, 0.3) is 0 Å². The van der Waals surface area contributed by atoms with Crippen molar-refractivity contribution in [3.8, 4) is 23.0 Å². The number of nitrogens with two attached hydrogens (primary N) is 1. The van der Waals surface area contributed by atoms with E-state index in [1.807, 2.05) is 34.9 Å². The zero-order valence-electron chi connectivity index (χ0n) is 12.2. The van der Waals surface area contributed by atoms with Gasteiger partial charge in [-0.2, -0.15) is 0 Å². The fourth-order valence-electron chi connectivity index (χ4n) is 2.50. The third kappa shape index (κ3) is 2.00. The number of methoxy groups -OCH3 is 1. The van der Waals surface area contributed by atoms with E-state index in [1.165, 1.54) is 0 Å². The Labute approximate surface area is 130 Å². The standard InChI is InChI=1S/C15H12N6O2/c1-22-12-5-3-2-4-11(12)21-10-6-7-17-8-9(10)18-15(21)13-14(16)20-23-19-13/h2-8H,1H3,(H2,16,20). The summed E-state index contributed by atoms with van der Waals surface area (Å²) in [7, 11) is 1.62. The van der Waals surface area contributed by atoms with E-state index in [2.05, 4.69) is 20.3 Å². The molecule has 0 aliphatic heterocycles. The van der Waals surface area contributed by atoms with E-state index < -0.39 is 0 Å². The summed E-state index contributed by atoms with van der Waals surface area (Å²) in [4.78, 5) is 8.68. The molecule has 3 aromatic heterocycles. The number of hydrogen-bond donors (Lipinski definition) is 1. The van der Waals surface area contributed by atoms with E-state index >= 15 is 0 Å². The highest BCUT2D eigenvalue weighted by Gasteiger charge is 2.21. The number of pyridine rings is 1. The van der Waals surface area contributed by atoms with Gasteiger partial charge in [-0.25, -0.2) is 9.61 Å². The van der Waals surface area contributed by atoms with Crippen LogP contribution in [0.4, 0.5) is 5.82 Å². The van der Waals surface area contributed by atoms with Crippen molar-refractivity contribution in [3.05, 3.63) is 42.7 Å². The number of nitrogen functional groups attached to an aromatic ring is 1. The van der Waals surface area contributed by atoms with Gasteiger partial charge in [0.15, 0.2) is 17.3 Å². The molecule has 114 valence electrons. The maximum atomic E-state index is 5.84. The Morgan fingerprint density at radius 2 is 2.04 bits per heavy atom. The number of benzene rings is 1. The normalized spacial score (nSPS) is 11.0. The van der Waals surface area contributed by atoms with Gasteiger partial charge >= 0.3 is 0 Å². The van der Waals surface area contributed by atoms with Crippen LogP contribution < -0.4 is 10.5 Å². The van der Waals surface area contributed by atoms with Gasteiger partial charge in [0.2, 0.25) is 0 Å². The molecule has 0 saturated heterocycles. The second kappa shape index (κ2) is 5.09. The molecule has 0 aliphatic rings. The summed E-state index contributed by atoms with van der Waals surface area (Å²) < 4.78 is 12.1. The van der Waals surface area contributed by atoms with Gasteiger partial charge in [0.05, 0.1) is 24.5 Å². The minimum atomic E-state index is 0.171. The Hall–Kier alpha value is -3.42. The zero-order valence-corrected chi connectivity index (χ0v) is 12.2. The largest absolute Gasteiger partial charge is 0.495 e. The average Bonchev–Trinajstić information content (AvgIpc) is 3.17. The summed E-state index contributed by atoms with van der Waals surface area (Å²) in [5.41, 5.74) is 8.57.